The van der Waals surface area contributed by atoms with E-state index in [4.69, 9.17) is 23.2 Å². The van der Waals surface area contributed by atoms with E-state index in [1.165, 1.54) is 23.8 Å². The van der Waals surface area contributed by atoms with Crippen LogP contribution in [0, 0.1) is 11.7 Å². The minimum atomic E-state index is -0.352. The highest BCUT2D eigenvalue weighted by molar-refractivity contribution is 6.42. The van der Waals surface area contributed by atoms with Crippen molar-refractivity contribution in [1.29, 1.82) is 0 Å². The molecule has 3 atom stereocenters. The Labute approximate surface area is 203 Å². The Morgan fingerprint density at radius 2 is 1.79 bits per heavy atom. The molecule has 2 saturated heterocycles. The largest absolute Gasteiger partial charge is 0.343 e. The maximum Gasteiger partial charge on any atom is 0.251 e. The molecule has 2 amide bonds. The maximum atomic E-state index is 13.3. The lowest BCUT2D eigenvalue weighted by Gasteiger charge is -2.40. The molecule has 8 heteroatoms. The van der Waals surface area contributed by atoms with Crippen molar-refractivity contribution in [2.75, 3.05) is 32.7 Å². The molecule has 2 fully saturated rings. The first-order valence-corrected chi connectivity index (χ1v) is 12.1. The number of hydrogen-bond donors (Lipinski definition) is 1. The van der Waals surface area contributed by atoms with Gasteiger partial charge < -0.3 is 10.2 Å². The van der Waals surface area contributed by atoms with Gasteiger partial charge in [-0.15, -0.1) is 0 Å². The highest BCUT2D eigenvalue weighted by atomic mass is 35.5. The fourth-order valence-corrected chi connectivity index (χ4v) is 5.29. The first-order valence-electron chi connectivity index (χ1n) is 11.3. The summed E-state index contributed by atoms with van der Waals surface area (Å²) in [4.78, 5) is 29.3. The second-order valence-corrected chi connectivity index (χ2v) is 9.83. The standard InChI is InChI=1S/C25H28Cl2FN3O2/c1-16-14-30(11-9-21(16)17-2-5-19(28)6-3-17)20-8-10-31(15-20)24(32)13-29-25(33)18-4-7-22(26)23(27)12-18/h2-7,12,16,20-21H,8-11,13-15H2,1H3,(H,29,33). The van der Waals surface area contributed by atoms with E-state index in [2.05, 4.69) is 17.1 Å². The number of piperidine rings is 1. The summed E-state index contributed by atoms with van der Waals surface area (Å²) in [6.45, 7) is 5.50. The molecule has 0 spiro atoms. The first-order chi connectivity index (χ1) is 15.8. The molecule has 2 aromatic carbocycles. The molecule has 33 heavy (non-hydrogen) atoms. The van der Waals surface area contributed by atoms with Gasteiger partial charge in [-0.3, -0.25) is 14.5 Å². The van der Waals surface area contributed by atoms with E-state index >= 15 is 0 Å². The van der Waals surface area contributed by atoms with E-state index in [0.29, 0.717) is 46.6 Å². The van der Waals surface area contributed by atoms with Gasteiger partial charge in [-0.1, -0.05) is 42.3 Å². The number of hydrogen-bond acceptors (Lipinski definition) is 3. The average Bonchev–Trinajstić information content (AvgIpc) is 3.30. The third-order valence-corrected chi connectivity index (χ3v) is 7.59. The van der Waals surface area contributed by atoms with Gasteiger partial charge in [-0.25, -0.2) is 4.39 Å². The second kappa shape index (κ2) is 10.4. The van der Waals surface area contributed by atoms with Crippen LogP contribution in [0.5, 0.6) is 0 Å². The van der Waals surface area contributed by atoms with Gasteiger partial charge in [0.15, 0.2) is 0 Å². The molecule has 2 heterocycles. The van der Waals surface area contributed by atoms with Crippen LogP contribution in [0.2, 0.25) is 10.0 Å². The van der Waals surface area contributed by atoms with Crippen LogP contribution in [-0.2, 0) is 4.79 Å². The molecule has 1 N–H and O–H groups in total. The van der Waals surface area contributed by atoms with Crippen LogP contribution in [-0.4, -0.2) is 60.4 Å². The van der Waals surface area contributed by atoms with Gasteiger partial charge >= 0.3 is 0 Å². The topological polar surface area (TPSA) is 52.6 Å². The van der Waals surface area contributed by atoms with Crippen molar-refractivity contribution in [1.82, 2.24) is 15.1 Å². The Bertz CT molecular complexity index is 1020. The maximum absolute atomic E-state index is 13.3. The van der Waals surface area contributed by atoms with E-state index in [0.717, 1.165) is 25.9 Å². The lowest BCUT2D eigenvalue weighted by Crippen LogP contribution is -2.46. The van der Waals surface area contributed by atoms with Crippen molar-refractivity contribution in [2.45, 2.75) is 31.7 Å². The Morgan fingerprint density at radius 1 is 1.03 bits per heavy atom. The first kappa shape index (κ1) is 24.0. The molecule has 0 radical (unpaired) electrons. The molecule has 3 unspecified atom stereocenters. The molecule has 0 saturated carbocycles. The van der Waals surface area contributed by atoms with Crippen LogP contribution in [0.4, 0.5) is 4.39 Å². The molecular weight excluding hydrogens is 464 g/mol. The Balaban J connectivity index is 1.26. The van der Waals surface area contributed by atoms with Crippen LogP contribution >= 0.6 is 23.2 Å². The molecule has 2 aromatic rings. The predicted octanol–water partition coefficient (Wildman–Crippen LogP) is 4.59. The third kappa shape index (κ3) is 5.68. The second-order valence-electron chi connectivity index (χ2n) is 9.01. The summed E-state index contributed by atoms with van der Waals surface area (Å²) in [6.07, 6.45) is 1.96. The van der Waals surface area contributed by atoms with Crippen LogP contribution in [0.3, 0.4) is 0 Å². The predicted molar refractivity (Wildman–Crippen MR) is 128 cm³/mol. The van der Waals surface area contributed by atoms with Gasteiger partial charge in [-0.2, -0.15) is 0 Å². The van der Waals surface area contributed by atoms with Crippen LogP contribution in [0.1, 0.15) is 41.6 Å². The lowest BCUT2D eigenvalue weighted by molar-refractivity contribution is -0.129. The van der Waals surface area contributed by atoms with E-state index in [1.807, 2.05) is 17.0 Å². The van der Waals surface area contributed by atoms with Gasteiger partial charge in [0.05, 0.1) is 16.6 Å². The van der Waals surface area contributed by atoms with Gasteiger partial charge in [0.2, 0.25) is 5.91 Å². The van der Waals surface area contributed by atoms with Crippen LogP contribution in [0.15, 0.2) is 42.5 Å². The molecular formula is C25H28Cl2FN3O2. The van der Waals surface area contributed by atoms with Crippen molar-refractivity contribution in [3.63, 3.8) is 0 Å². The fourth-order valence-electron chi connectivity index (χ4n) is 4.99. The summed E-state index contributed by atoms with van der Waals surface area (Å²) in [6, 6.07) is 11.8. The highest BCUT2D eigenvalue weighted by Gasteiger charge is 2.35. The zero-order valence-corrected chi connectivity index (χ0v) is 20.1. The molecule has 176 valence electrons. The molecule has 2 aliphatic heterocycles. The van der Waals surface area contributed by atoms with Crippen molar-refractivity contribution < 1.29 is 14.0 Å². The summed E-state index contributed by atoms with van der Waals surface area (Å²) in [5, 5.41) is 3.36. The quantitative estimate of drug-likeness (QED) is 0.665. The van der Waals surface area contributed by atoms with E-state index < -0.39 is 0 Å². The number of nitrogens with one attached hydrogen (secondary N) is 1. The zero-order valence-electron chi connectivity index (χ0n) is 18.6. The number of amides is 2. The molecule has 4 rings (SSSR count). The minimum absolute atomic E-state index is 0.0468. The van der Waals surface area contributed by atoms with Gasteiger partial charge in [0.25, 0.3) is 5.91 Å². The number of nitrogens with zero attached hydrogens (tertiary/aromatic N) is 2. The SMILES string of the molecule is CC1CN(C2CCN(C(=O)CNC(=O)c3ccc(Cl)c(Cl)c3)C2)CCC1c1ccc(F)cc1. The van der Waals surface area contributed by atoms with Crippen molar-refractivity contribution in [2.24, 2.45) is 5.92 Å². The number of carbonyl (C=O) groups is 2. The summed E-state index contributed by atoms with van der Waals surface area (Å²) in [7, 11) is 0. The Morgan fingerprint density at radius 3 is 2.48 bits per heavy atom. The molecule has 2 aliphatic rings. The monoisotopic (exact) mass is 491 g/mol. The molecule has 0 aliphatic carbocycles. The average molecular weight is 492 g/mol. The number of benzene rings is 2. The van der Waals surface area contributed by atoms with Crippen molar-refractivity contribution >= 4 is 35.0 Å². The zero-order chi connectivity index (χ0) is 23.5. The smallest absolute Gasteiger partial charge is 0.251 e. The minimum Gasteiger partial charge on any atom is -0.343 e. The number of likely N-dealkylation sites (tertiary alicyclic amines) is 2. The number of carbonyl (C=O) groups excluding carboxylic acids is 2. The van der Waals surface area contributed by atoms with E-state index in [1.54, 1.807) is 12.1 Å². The lowest BCUT2D eigenvalue weighted by atomic mass is 9.81. The fraction of sp³-hybridized carbons (Fsp3) is 0.440. The summed E-state index contributed by atoms with van der Waals surface area (Å²) >= 11 is 11.9. The summed E-state index contributed by atoms with van der Waals surface area (Å²) in [5.41, 5.74) is 1.57. The van der Waals surface area contributed by atoms with E-state index in [-0.39, 0.29) is 24.2 Å². The number of halogens is 3. The van der Waals surface area contributed by atoms with Crippen LogP contribution in [0.25, 0.3) is 0 Å². The third-order valence-electron chi connectivity index (χ3n) is 6.85. The Kier molecular flexibility index (Phi) is 7.57. The molecule has 0 aromatic heterocycles. The van der Waals surface area contributed by atoms with Crippen LogP contribution < -0.4 is 5.32 Å². The Hall–Kier alpha value is -2.15. The van der Waals surface area contributed by atoms with Gasteiger partial charge in [0, 0.05) is 31.2 Å². The van der Waals surface area contributed by atoms with Gasteiger partial charge in [-0.05, 0) is 67.1 Å². The molecule has 0 bridgehead atoms. The summed E-state index contributed by atoms with van der Waals surface area (Å²) < 4.78 is 13.3. The normalized spacial score (nSPS) is 23.5. The highest BCUT2D eigenvalue weighted by Crippen LogP contribution is 2.34. The van der Waals surface area contributed by atoms with Gasteiger partial charge in [0.1, 0.15) is 5.82 Å². The van der Waals surface area contributed by atoms with Crippen molar-refractivity contribution in [3.8, 4) is 0 Å². The molecule has 5 nitrogen and oxygen atoms in total. The number of rotatable bonds is 5. The van der Waals surface area contributed by atoms with E-state index in [9.17, 15) is 14.0 Å². The summed E-state index contributed by atoms with van der Waals surface area (Å²) in [5.74, 6) is 0.249. The van der Waals surface area contributed by atoms with Crippen molar-refractivity contribution in [3.05, 3.63) is 69.5 Å².